The molecule has 0 aliphatic rings. The Morgan fingerprint density at radius 1 is 1.08 bits per heavy atom. The van der Waals surface area contributed by atoms with Crippen LogP contribution in [0.5, 0.6) is 0 Å². The molecule has 0 bridgehead atoms. The molecule has 5 heteroatoms. The van der Waals surface area contributed by atoms with Crippen LogP contribution in [0.4, 0.5) is 0 Å². The van der Waals surface area contributed by atoms with Gasteiger partial charge in [-0.3, -0.25) is 9.20 Å². The molecule has 0 fully saturated rings. The normalized spacial score (nSPS) is 12.4. The van der Waals surface area contributed by atoms with Crippen LogP contribution in [-0.4, -0.2) is 20.5 Å². The lowest BCUT2D eigenvalue weighted by atomic mass is 10.0. The van der Waals surface area contributed by atoms with Crippen LogP contribution in [0.15, 0.2) is 54.7 Å². The summed E-state index contributed by atoms with van der Waals surface area (Å²) in [6, 6.07) is 15.7. The predicted octanol–water partition coefficient (Wildman–Crippen LogP) is 3.57. The third-order valence-corrected chi connectivity index (χ3v) is 4.18. The van der Waals surface area contributed by atoms with Gasteiger partial charge in [0.1, 0.15) is 0 Å². The first kappa shape index (κ1) is 17.1. The first-order chi connectivity index (χ1) is 12.1. The van der Waals surface area contributed by atoms with Crippen LogP contribution in [0.1, 0.15) is 44.1 Å². The quantitative estimate of drug-likeness (QED) is 0.717. The number of pyridine rings is 1. The molecule has 0 saturated heterocycles. The number of rotatable bonds is 7. The molecule has 1 atom stereocenters. The van der Waals surface area contributed by atoms with Crippen LogP contribution < -0.4 is 5.32 Å². The van der Waals surface area contributed by atoms with E-state index in [0.29, 0.717) is 12.3 Å². The van der Waals surface area contributed by atoms with Gasteiger partial charge in [-0.25, -0.2) is 0 Å². The molecular formula is C20H24N4O. The summed E-state index contributed by atoms with van der Waals surface area (Å²) >= 11 is 0. The van der Waals surface area contributed by atoms with Crippen molar-refractivity contribution in [3.63, 3.8) is 0 Å². The maximum Gasteiger partial charge on any atom is 0.220 e. The molecule has 0 spiro atoms. The van der Waals surface area contributed by atoms with Crippen molar-refractivity contribution in [3.8, 4) is 0 Å². The topological polar surface area (TPSA) is 59.3 Å². The second-order valence-electron chi connectivity index (χ2n) is 6.72. The molecule has 5 nitrogen and oxygen atoms in total. The number of fused-ring (bicyclic) bond motifs is 1. The van der Waals surface area contributed by atoms with Gasteiger partial charge in [0, 0.05) is 12.6 Å². The number of hydrogen-bond acceptors (Lipinski definition) is 3. The molecule has 1 aromatic carbocycles. The molecule has 25 heavy (non-hydrogen) atoms. The average molecular weight is 336 g/mol. The summed E-state index contributed by atoms with van der Waals surface area (Å²) in [4.78, 5) is 12.5. The Balaban J connectivity index is 1.71. The van der Waals surface area contributed by atoms with Gasteiger partial charge in [-0.2, -0.15) is 0 Å². The van der Waals surface area contributed by atoms with Crippen LogP contribution in [-0.2, 0) is 11.2 Å². The molecule has 1 N–H and O–H groups in total. The van der Waals surface area contributed by atoms with E-state index in [9.17, 15) is 4.79 Å². The Morgan fingerprint density at radius 2 is 1.84 bits per heavy atom. The lowest BCUT2D eigenvalue weighted by Crippen LogP contribution is -2.31. The van der Waals surface area contributed by atoms with Crippen molar-refractivity contribution in [2.75, 3.05) is 0 Å². The van der Waals surface area contributed by atoms with Gasteiger partial charge in [0.25, 0.3) is 0 Å². The number of aromatic nitrogens is 3. The third kappa shape index (κ3) is 4.44. The van der Waals surface area contributed by atoms with E-state index in [1.165, 1.54) is 5.56 Å². The molecule has 130 valence electrons. The summed E-state index contributed by atoms with van der Waals surface area (Å²) < 4.78 is 1.95. The molecule has 0 unspecified atom stereocenters. The maximum absolute atomic E-state index is 12.5. The van der Waals surface area contributed by atoms with E-state index < -0.39 is 0 Å². The van der Waals surface area contributed by atoms with Crippen molar-refractivity contribution in [3.05, 3.63) is 66.1 Å². The van der Waals surface area contributed by atoms with Gasteiger partial charge in [0.05, 0.1) is 6.04 Å². The number of hydrogen-bond donors (Lipinski definition) is 1. The van der Waals surface area contributed by atoms with Gasteiger partial charge in [-0.15, -0.1) is 10.2 Å². The van der Waals surface area contributed by atoms with E-state index in [1.807, 2.05) is 59.1 Å². The van der Waals surface area contributed by atoms with Crippen molar-refractivity contribution in [2.24, 2.45) is 5.92 Å². The summed E-state index contributed by atoms with van der Waals surface area (Å²) in [5.41, 5.74) is 1.97. The fraction of sp³-hybridized carbons (Fsp3) is 0.350. The van der Waals surface area contributed by atoms with Gasteiger partial charge in [-0.05, 0) is 36.5 Å². The zero-order chi connectivity index (χ0) is 17.6. The van der Waals surface area contributed by atoms with Gasteiger partial charge in [0.15, 0.2) is 11.5 Å². The van der Waals surface area contributed by atoms with E-state index in [2.05, 4.69) is 29.4 Å². The Kier molecular flexibility index (Phi) is 5.43. The van der Waals surface area contributed by atoms with E-state index in [1.54, 1.807) is 0 Å². The molecule has 3 aromatic rings. The van der Waals surface area contributed by atoms with Crippen molar-refractivity contribution in [1.29, 1.82) is 0 Å². The summed E-state index contributed by atoms with van der Waals surface area (Å²) in [5.74, 6) is 1.27. The molecule has 2 heterocycles. The van der Waals surface area contributed by atoms with Crippen LogP contribution in [0, 0.1) is 5.92 Å². The molecule has 0 radical (unpaired) electrons. The monoisotopic (exact) mass is 336 g/mol. The number of carbonyl (C=O) groups is 1. The molecule has 0 aliphatic carbocycles. The predicted molar refractivity (Wildman–Crippen MR) is 98.1 cm³/mol. The van der Waals surface area contributed by atoms with Crippen molar-refractivity contribution in [1.82, 2.24) is 19.9 Å². The highest BCUT2D eigenvalue weighted by molar-refractivity contribution is 5.76. The van der Waals surface area contributed by atoms with Gasteiger partial charge in [-0.1, -0.05) is 50.2 Å². The molecule has 0 saturated carbocycles. The minimum Gasteiger partial charge on any atom is -0.346 e. The van der Waals surface area contributed by atoms with E-state index in [-0.39, 0.29) is 11.9 Å². The lowest BCUT2D eigenvalue weighted by molar-refractivity contribution is -0.122. The standard InChI is InChI=1S/C20H24N4O/c1-15(2)14-17(20-23-22-18-10-6-7-13-24(18)20)21-19(25)12-11-16-8-4-3-5-9-16/h3-10,13,15,17H,11-12,14H2,1-2H3,(H,21,25)/t17-/m1/s1. The maximum atomic E-state index is 12.5. The number of carbonyl (C=O) groups excluding carboxylic acids is 1. The first-order valence-electron chi connectivity index (χ1n) is 8.76. The second-order valence-corrected chi connectivity index (χ2v) is 6.72. The van der Waals surface area contributed by atoms with Crippen molar-refractivity contribution >= 4 is 11.6 Å². The van der Waals surface area contributed by atoms with E-state index >= 15 is 0 Å². The second kappa shape index (κ2) is 7.92. The Labute approximate surface area is 148 Å². The fourth-order valence-electron chi connectivity index (χ4n) is 2.97. The highest BCUT2D eigenvalue weighted by Gasteiger charge is 2.21. The van der Waals surface area contributed by atoms with E-state index in [0.717, 1.165) is 24.3 Å². The Hall–Kier alpha value is -2.69. The minimum atomic E-state index is -0.138. The minimum absolute atomic E-state index is 0.0437. The Morgan fingerprint density at radius 3 is 2.60 bits per heavy atom. The third-order valence-electron chi connectivity index (χ3n) is 4.18. The summed E-state index contributed by atoms with van der Waals surface area (Å²) in [5, 5.41) is 11.7. The van der Waals surface area contributed by atoms with Crippen molar-refractivity contribution < 1.29 is 4.79 Å². The summed E-state index contributed by atoms with van der Waals surface area (Å²) in [6.45, 7) is 4.29. The zero-order valence-electron chi connectivity index (χ0n) is 14.7. The van der Waals surface area contributed by atoms with Crippen LogP contribution >= 0.6 is 0 Å². The summed E-state index contributed by atoms with van der Waals surface area (Å²) in [6.07, 6.45) is 3.97. The van der Waals surface area contributed by atoms with E-state index in [4.69, 9.17) is 0 Å². The van der Waals surface area contributed by atoms with Gasteiger partial charge < -0.3 is 5.32 Å². The average Bonchev–Trinajstić information content (AvgIpc) is 3.04. The number of aryl methyl sites for hydroxylation is 1. The van der Waals surface area contributed by atoms with Crippen LogP contribution in [0.3, 0.4) is 0 Å². The Bertz CT molecular complexity index is 826. The molecule has 3 rings (SSSR count). The van der Waals surface area contributed by atoms with Gasteiger partial charge in [0.2, 0.25) is 5.91 Å². The van der Waals surface area contributed by atoms with Crippen LogP contribution in [0.25, 0.3) is 5.65 Å². The highest BCUT2D eigenvalue weighted by atomic mass is 16.1. The number of nitrogens with zero attached hydrogens (tertiary/aromatic N) is 3. The number of amides is 1. The molecular weight excluding hydrogens is 312 g/mol. The number of benzene rings is 1. The van der Waals surface area contributed by atoms with Crippen molar-refractivity contribution in [2.45, 2.75) is 39.2 Å². The first-order valence-corrected chi connectivity index (χ1v) is 8.76. The van der Waals surface area contributed by atoms with Crippen LogP contribution in [0.2, 0.25) is 0 Å². The highest BCUT2D eigenvalue weighted by Crippen LogP contribution is 2.21. The molecule has 1 amide bonds. The zero-order valence-corrected chi connectivity index (χ0v) is 14.7. The fourth-order valence-corrected chi connectivity index (χ4v) is 2.97. The number of nitrogens with one attached hydrogen (secondary N) is 1. The lowest BCUT2D eigenvalue weighted by Gasteiger charge is -2.19. The summed E-state index contributed by atoms with van der Waals surface area (Å²) in [7, 11) is 0. The smallest absolute Gasteiger partial charge is 0.220 e. The molecule has 2 aromatic heterocycles. The largest absolute Gasteiger partial charge is 0.346 e. The van der Waals surface area contributed by atoms with Gasteiger partial charge >= 0.3 is 0 Å². The molecule has 0 aliphatic heterocycles. The SMILES string of the molecule is CC(C)C[C@@H](NC(=O)CCc1ccccc1)c1nnc2ccccn12.